The van der Waals surface area contributed by atoms with E-state index in [4.69, 9.17) is 34.2 Å². The van der Waals surface area contributed by atoms with Gasteiger partial charge in [-0.1, -0.05) is 97.9 Å². The van der Waals surface area contributed by atoms with Crippen molar-refractivity contribution >= 4 is 5.91 Å². The van der Waals surface area contributed by atoms with Crippen LogP contribution in [-0.4, -0.2) is 91.4 Å². The normalized spacial score (nSPS) is 21.9. The number of nitrogens with one attached hydrogen (secondary N) is 1. The molecule has 0 aliphatic carbocycles. The summed E-state index contributed by atoms with van der Waals surface area (Å²) in [6, 6.07) is 30.3. The molecule has 1 heterocycles. The highest BCUT2D eigenvalue weighted by Crippen LogP contribution is 2.32. The summed E-state index contributed by atoms with van der Waals surface area (Å²) in [5, 5.41) is 24.0. The molecule has 6 unspecified atom stereocenters. The molecule has 302 valence electrons. The molecule has 4 aromatic rings. The summed E-state index contributed by atoms with van der Waals surface area (Å²) in [6.45, 7) is 4.35. The molecular formula is C43H52F2N2O9. The molecule has 5 rings (SSSR count). The number of benzene rings is 4. The molecule has 0 bridgehead atoms. The molecule has 1 fully saturated rings. The lowest BCUT2D eigenvalue weighted by Crippen LogP contribution is -2.62. The van der Waals surface area contributed by atoms with Crippen LogP contribution in [0.1, 0.15) is 40.9 Å². The fraction of sp³-hybridized carbons (Fsp3) is 0.419. The van der Waals surface area contributed by atoms with Crippen LogP contribution >= 0.6 is 0 Å². The van der Waals surface area contributed by atoms with Crippen molar-refractivity contribution < 1.29 is 52.2 Å². The van der Waals surface area contributed by atoms with E-state index in [0.29, 0.717) is 13.2 Å². The molecule has 11 nitrogen and oxygen atoms in total. The van der Waals surface area contributed by atoms with Crippen LogP contribution in [0.3, 0.4) is 0 Å². The van der Waals surface area contributed by atoms with Gasteiger partial charge < -0.3 is 49.7 Å². The lowest BCUT2D eigenvalue weighted by molar-refractivity contribution is -0.329. The Bertz CT molecular complexity index is 1740. The third kappa shape index (κ3) is 12.7. The number of nitrogens with two attached hydrogens (primary N) is 1. The second kappa shape index (κ2) is 22.0. The van der Waals surface area contributed by atoms with E-state index in [1.807, 2.05) is 97.9 Å². The summed E-state index contributed by atoms with van der Waals surface area (Å²) < 4.78 is 66.8. The van der Waals surface area contributed by atoms with Crippen molar-refractivity contribution in [2.24, 2.45) is 11.7 Å². The van der Waals surface area contributed by atoms with E-state index in [-0.39, 0.29) is 37.9 Å². The summed E-state index contributed by atoms with van der Waals surface area (Å²) in [6.07, 6.45) is -7.26. The molecule has 0 saturated carbocycles. The number of carbonyl (C=O) groups excluding carboxylic acids is 1. The SMILES string of the molecule is CC(CN)COCC1OC(OC[C@H](NC(=O)c2ccc(F)c(F)c2)[C@H](O)[C@@H](C)O)C(OCc2ccccc2)C(OCc2ccccc2)C1OCc1ccccc1. The van der Waals surface area contributed by atoms with E-state index in [0.717, 1.165) is 34.9 Å². The number of ether oxygens (including phenoxy) is 6. The fourth-order valence-electron chi connectivity index (χ4n) is 6.12. The monoisotopic (exact) mass is 778 g/mol. The van der Waals surface area contributed by atoms with Gasteiger partial charge >= 0.3 is 0 Å². The molecule has 1 amide bonds. The maximum absolute atomic E-state index is 14.0. The van der Waals surface area contributed by atoms with Gasteiger partial charge in [-0.05, 0) is 54.3 Å². The van der Waals surface area contributed by atoms with Crippen molar-refractivity contribution in [3.63, 3.8) is 0 Å². The van der Waals surface area contributed by atoms with Gasteiger partial charge in [0.05, 0.1) is 51.8 Å². The van der Waals surface area contributed by atoms with Gasteiger partial charge in [-0.15, -0.1) is 0 Å². The molecule has 1 aliphatic rings. The van der Waals surface area contributed by atoms with Crippen LogP contribution in [0.2, 0.25) is 0 Å². The van der Waals surface area contributed by atoms with Gasteiger partial charge in [-0.3, -0.25) is 4.79 Å². The number of carbonyl (C=O) groups is 1. The van der Waals surface area contributed by atoms with Crippen LogP contribution in [-0.2, 0) is 48.2 Å². The Hall–Kier alpha value is -4.15. The van der Waals surface area contributed by atoms with Crippen LogP contribution in [0.4, 0.5) is 8.78 Å². The highest BCUT2D eigenvalue weighted by Gasteiger charge is 2.49. The van der Waals surface area contributed by atoms with Crippen molar-refractivity contribution in [3.8, 4) is 0 Å². The largest absolute Gasteiger partial charge is 0.391 e. The minimum absolute atomic E-state index is 0.0716. The first kappa shape index (κ1) is 43.0. The minimum Gasteiger partial charge on any atom is -0.391 e. The average molecular weight is 779 g/mol. The van der Waals surface area contributed by atoms with Crippen LogP contribution < -0.4 is 11.1 Å². The maximum Gasteiger partial charge on any atom is 0.251 e. The lowest BCUT2D eigenvalue weighted by Gasteiger charge is -2.46. The summed E-state index contributed by atoms with van der Waals surface area (Å²) in [5.41, 5.74) is 8.39. The number of aliphatic hydroxyl groups is 2. The van der Waals surface area contributed by atoms with E-state index < -0.39 is 73.1 Å². The number of aliphatic hydroxyl groups excluding tert-OH is 2. The Morgan fingerprint density at radius 2 is 1.27 bits per heavy atom. The molecule has 5 N–H and O–H groups in total. The van der Waals surface area contributed by atoms with Gasteiger partial charge in [-0.2, -0.15) is 0 Å². The van der Waals surface area contributed by atoms with Crippen LogP contribution in [0.25, 0.3) is 0 Å². The molecule has 0 radical (unpaired) electrons. The third-order valence-electron chi connectivity index (χ3n) is 9.38. The number of halogens is 2. The number of rotatable bonds is 21. The first-order valence-corrected chi connectivity index (χ1v) is 18.8. The van der Waals surface area contributed by atoms with Gasteiger partial charge in [0.1, 0.15) is 30.5 Å². The fourth-order valence-corrected chi connectivity index (χ4v) is 6.12. The highest BCUT2D eigenvalue weighted by atomic mass is 19.2. The first-order chi connectivity index (χ1) is 27.1. The van der Waals surface area contributed by atoms with Crippen molar-refractivity contribution in [2.75, 3.05) is 26.4 Å². The predicted octanol–water partition coefficient (Wildman–Crippen LogP) is 4.91. The first-order valence-electron chi connectivity index (χ1n) is 18.8. The topological polar surface area (TPSA) is 151 Å². The van der Waals surface area contributed by atoms with Gasteiger partial charge in [0, 0.05) is 5.56 Å². The predicted molar refractivity (Wildman–Crippen MR) is 204 cm³/mol. The van der Waals surface area contributed by atoms with Crippen LogP contribution in [0.15, 0.2) is 109 Å². The van der Waals surface area contributed by atoms with Gasteiger partial charge in [0.15, 0.2) is 17.9 Å². The zero-order valence-corrected chi connectivity index (χ0v) is 31.6. The molecule has 1 aliphatic heterocycles. The van der Waals surface area contributed by atoms with E-state index >= 15 is 0 Å². The van der Waals surface area contributed by atoms with E-state index in [1.165, 1.54) is 6.92 Å². The van der Waals surface area contributed by atoms with Crippen molar-refractivity contribution in [3.05, 3.63) is 143 Å². The Labute approximate surface area is 326 Å². The average Bonchev–Trinajstić information content (AvgIpc) is 3.22. The zero-order valence-electron chi connectivity index (χ0n) is 31.6. The molecule has 9 atom stereocenters. The quantitative estimate of drug-likeness (QED) is 0.0919. The summed E-state index contributed by atoms with van der Waals surface area (Å²) in [5.74, 6) is -3.08. The van der Waals surface area contributed by atoms with Crippen molar-refractivity contribution in [2.45, 2.75) is 82.6 Å². The van der Waals surface area contributed by atoms with Crippen molar-refractivity contribution in [1.82, 2.24) is 5.32 Å². The molecule has 13 heteroatoms. The Morgan fingerprint density at radius 3 is 1.79 bits per heavy atom. The third-order valence-corrected chi connectivity index (χ3v) is 9.38. The van der Waals surface area contributed by atoms with Gasteiger partial charge in [0.2, 0.25) is 0 Å². The minimum atomic E-state index is -1.53. The summed E-state index contributed by atoms with van der Waals surface area (Å²) in [7, 11) is 0. The number of amides is 1. The highest BCUT2D eigenvalue weighted by molar-refractivity contribution is 5.94. The van der Waals surface area contributed by atoms with Gasteiger partial charge in [0.25, 0.3) is 5.91 Å². The molecule has 56 heavy (non-hydrogen) atoms. The summed E-state index contributed by atoms with van der Waals surface area (Å²) >= 11 is 0. The van der Waals surface area contributed by atoms with E-state index in [2.05, 4.69) is 5.32 Å². The molecular weight excluding hydrogens is 726 g/mol. The Kier molecular flexibility index (Phi) is 16.9. The Morgan fingerprint density at radius 1 is 0.732 bits per heavy atom. The molecule has 0 spiro atoms. The number of hydrogen-bond acceptors (Lipinski definition) is 10. The van der Waals surface area contributed by atoms with E-state index in [1.54, 1.807) is 0 Å². The molecule has 0 aromatic heterocycles. The zero-order chi connectivity index (χ0) is 39.9. The number of hydrogen-bond donors (Lipinski definition) is 4. The molecule has 4 aromatic carbocycles. The van der Waals surface area contributed by atoms with Crippen LogP contribution in [0, 0.1) is 17.6 Å². The second-order valence-electron chi connectivity index (χ2n) is 14.0. The van der Waals surface area contributed by atoms with Gasteiger partial charge in [-0.25, -0.2) is 8.78 Å². The lowest BCUT2D eigenvalue weighted by atomic mass is 9.97. The van der Waals surface area contributed by atoms with E-state index in [9.17, 15) is 23.8 Å². The summed E-state index contributed by atoms with van der Waals surface area (Å²) in [4.78, 5) is 13.2. The van der Waals surface area contributed by atoms with Crippen LogP contribution in [0.5, 0.6) is 0 Å². The smallest absolute Gasteiger partial charge is 0.251 e. The standard InChI is InChI=1S/C43H52F2N2O9/c1-28(21-46)22-51-27-37-39(52-23-30-12-6-3-7-13-30)40(53-24-31-14-8-4-9-15-31)41(54-25-32-16-10-5-11-17-32)43(56-37)55-26-36(38(49)29(2)48)47-42(50)33-18-19-34(44)35(45)20-33/h3-20,28-29,36-41,43,48-49H,21-27,46H2,1-2H3,(H,47,50)/t28?,29-,36+,37?,38-,39?,40?,41?,43?/m1/s1. The van der Waals surface area contributed by atoms with Crippen molar-refractivity contribution in [1.29, 1.82) is 0 Å². The molecule has 1 saturated heterocycles. The second-order valence-corrected chi connectivity index (χ2v) is 14.0. The Balaban J connectivity index is 1.47. The maximum atomic E-state index is 14.0.